The van der Waals surface area contributed by atoms with Crippen LogP contribution in [-0.2, 0) is 0 Å². The van der Waals surface area contributed by atoms with Gasteiger partial charge in [-0.25, -0.2) is 0 Å². The van der Waals surface area contributed by atoms with Crippen molar-refractivity contribution in [3.8, 4) is 0 Å². The lowest BCUT2D eigenvalue weighted by Crippen LogP contribution is -2.37. The molecule has 3 saturated carbocycles. The van der Waals surface area contributed by atoms with Crippen molar-refractivity contribution in [3.05, 3.63) is 0 Å². The standard InChI is InChI=1S/C13H23N/c1-2-13(5-6-13)9-14-12-8-10-3-4-11(12)7-10/h10-12,14H,2-9H2,1H3. The predicted molar refractivity (Wildman–Crippen MR) is 59.2 cm³/mol. The van der Waals surface area contributed by atoms with Gasteiger partial charge in [-0.1, -0.05) is 13.3 Å². The summed E-state index contributed by atoms with van der Waals surface area (Å²) in [4.78, 5) is 0. The van der Waals surface area contributed by atoms with Crippen LogP contribution in [0.15, 0.2) is 0 Å². The second-order valence-corrected chi connectivity index (χ2v) is 6.02. The molecule has 0 saturated heterocycles. The predicted octanol–water partition coefficient (Wildman–Crippen LogP) is 2.95. The molecule has 1 N–H and O–H groups in total. The van der Waals surface area contributed by atoms with Gasteiger partial charge in [0.15, 0.2) is 0 Å². The highest BCUT2D eigenvalue weighted by Crippen LogP contribution is 2.49. The molecule has 3 aliphatic carbocycles. The minimum absolute atomic E-state index is 0.738. The molecule has 1 nitrogen and oxygen atoms in total. The Kier molecular flexibility index (Phi) is 2.12. The van der Waals surface area contributed by atoms with Crippen molar-refractivity contribution in [3.63, 3.8) is 0 Å². The lowest BCUT2D eigenvalue weighted by Gasteiger charge is -2.25. The van der Waals surface area contributed by atoms with Crippen molar-refractivity contribution in [2.45, 2.75) is 57.9 Å². The van der Waals surface area contributed by atoms with E-state index >= 15 is 0 Å². The summed E-state index contributed by atoms with van der Waals surface area (Å²) in [6.45, 7) is 3.67. The summed E-state index contributed by atoms with van der Waals surface area (Å²) in [5.41, 5.74) is 0.738. The van der Waals surface area contributed by atoms with Gasteiger partial charge in [-0.15, -0.1) is 0 Å². The minimum Gasteiger partial charge on any atom is -0.313 e. The van der Waals surface area contributed by atoms with Gasteiger partial charge in [-0.05, 0) is 55.8 Å². The third kappa shape index (κ3) is 1.50. The molecule has 0 aromatic rings. The third-order valence-corrected chi connectivity index (χ3v) is 5.18. The molecule has 3 rings (SSSR count). The average Bonchev–Trinajstić information content (AvgIpc) is 2.69. The monoisotopic (exact) mass is 193 g/mol. The zero-order chi connectivity index (χ0) is 9.60. The Bertz CT molecular complexity index is 219. The molecule has 0 aliphatic heterocycles. The fraction of sp³-hybridized carbons (Fsp3) is 1.00. The lowest BCUT2D eigenvalue weighted by molar-refractivity contribution is 0.317. The van der Waals surface area contributed by atoms with Gasteiger partial charge in [0, 0.05) is 12.6 Å². The summed E-state index contributed by atoms with van der Waals surface area (Å²) >= 11 is 0. The second kappa shape index (κ2) is 3.23. The minimum atomic E-state index is 0.738. The summed E-state index contributed by atoms with van der Waals surface area (Å²) in [7, 11) is 0. The van der Waals surface area contributed by atoms with Crippen molar-refractivity contribution in [2.24, 2.45) is 17.3 Å². The molecule has 0 amide bonds. The Morgan fingerprint density at radius 1 is 1.21 bits per heavy atom. The van der Waals surface area contributed by atoms with Crippen LogP contribution in [0, 0.1) is 17.3 Å². The zero-order valence-electron chi connectivity index (χ0n) is 9.39. The maximum absolute atomic E-state index is 3.87. The maximum atomic E-state index is 3.87. The lowest BCUT2D eigenvalue weighted by atomic mass is 9.94. The van der Waals surface area contributed by atoms with Crippen LogP contribution in [-0.4, -0.2) is 12.6 Å². The smallest absolute Gasteiger partial charge is 0.00982 e. The van der Waals surface area contributed by atoms with Gasteiger partial charge in [0.05, 0.1) is 0 Å². The molecule has 0 aromatic carbocycles. The Morgan fingerprint density at radius 2 is 2.07 bits per heavy atom. The Balaban J connectivity index is 1.49. The summed E-state index contributed by atoms with van der Waals surface area (Å²) in [6.07, 6.45) is 10.4. The number of rotatable bonds is 4. The van der Waals surface area contributed by atoms with Gasteiger partial charge in [-0.3, -0.25) is 0 Å². The highest BCUT2D eigenvalue weighted by atomic mass is 15.0. The number of hydrogen-bond donors (Lipinski definition) is 1. The molecule has 3 unspecified atom stereocenters. The van der Waals surface area contributed by atoms with E-state index in [4.69, 9.17) is 0 Å². The van der Waals surface area contributed by atoms with Crippen LogP contribution in [0.2, 0.25) is 0 Å². The van der Waals surface area contributed by atoms with E-state index in [-0.39, 0.29) is 0 Å². The van der Waals surface area contributed by atoms with Crippen molar-refractivity contribution in [1.29, 1.82) is 0 Å². The van der Waals surface area contributed by atoms with Crippen molar-refractivity contribution in [1.82, 2.24) is 5.32 Å². The van der Waals surface area contributed by atoms with E-state index < -0.39 is 0 Å². The van der Waals surface area contributed by atoms with Gasteiger partial charge >= 0.3 is 0 Å². The first-order valence-corrected chi connectivity index (χ1v) is 6.55. The molecule has 0 radical (unpaired) electrons. The first-order chi connectivity index (χ1) is 6.81. The van der Waals surface area contributed by atoms with E-state index in [0.717, 1.165) is 23.3 Å². The molecule has 3 aliphatic rings. The average molecular weight is 193 g/mol. The zero-order valence-corrected chi connectivity index (χ0v) is 9.39. The molecule has 0 heterocycles. The molecule has 80 valence electrons. The van der Waals surface area contributed by atoms with Gasteiger partial charge in [0.25, 0.3) is 0 Å². The van der Waals surface area contributed by atoms with E-state index in [1.807, 2.05) is 0 Å². The van der Waals surface area contributed by atoms with Crippen LogP contribution >= 0.6 is 0 Å². The number of nitrogens with one attached hydrogen (secondary N) is 1. The van der Waals surface area contributed by atoms with Crippen LogP contribution in [0.4, 0.5) is 0 Å². The molecular weight excluding hydrogens is 170 g/mol. The molecule has 3 atom stereocenters. The van der Waals surface area contributed by atoms with Gasteiger partial charge in [0.2, 0.25) is 0 Å². The van der Waals surface area contributed by atoms with Gasteiger partial charge in [-0.2, -0.15) is 0 Å². The largest absolute Gasteiger partial charge is 0.313 e. The Morgan fingerprint density at radius 3 is 2.57 bits per heavy atom. The highest BCUT2D eigenvalue weighted by molar-refractivity contribution is 4.98. The van der Waals surface area contributed by atoms with Crippen molar-refractivity contribution in [2.75, 3.05) is 6.54 Å². The van der Waals surface area contributed by atoms with Crippen LogP contribution in [0.5, 0.6) is 0 Å². The topological polar surface area (TPSA) is 12.0 Å². The molecule has 2 bridgehead atoms. The summed E-state index contributed by atoms with van der Waals surface area (Å²) in [5.74, 6) is 2.14. The molecule has 0 aromatic heterocycles. The molecule has 1 heteroatoms. The Hall–Kier alpha value is -0.0400. The van der Waals surface area contributed by atoms with E-state index in [1.54, 1.807) is 0 Å². The fourth-order valence-corrected chi connectivity index (χ4v) is 3.67. The molecule has 14 heavy (non-hydrogen) atoms. The normalized spacial score (nSPS) is 43.1. The summed E-state index contributed by atoms with van der Waals surface area (Å²) in [5, 5.41) is 3.87. The van der Waals surface area contributed by atoms with Crippen molar-refractivity contribution < 1.29 is 0 Å². The molecular formula is C13H23N. The van der Waals surface area contributed by atoms with Gasteiger partial charge < -0.3 is 5.32 Å². The van der Waals surface area contributed by atoms with E-state index in [2.05, 4.69) is 12.2 Å². The SMILES string of the molecule is CCC1(CNC2CC3CCC2C3)CC1. The molecule has 0 spiro atoms. The van der Waals surface area contributed by atoms with E-state index in [1.165, 1.54) is 51.5 Å². The van der Waals surface area contributed by atoms with Crippen LogP contribution in [0.1, 0.15) is 51.9 Å². The number of fused-ring (bicyclic) bond motifs is 2. The number of hydrogen-bond acceptors (Lipinski definition) is 1. The van der Waals surface area contributed by atoms with Crippen LogP contribution in [0.3, 0.4) is 0 Å². The maximum Gasteiger partial charge on any atom is 0.00982 e. The third-order valence-electron chi connectivity index (χ3n) is 5.18. The van der Waals surface area contributed by atoms with E-state index in [9.17, 15) is 0 Å². The summed E-state index contributed by atoms with van der Waals surface area (Å²) < 4.78 is 0. The van der Waals surface area contributed by atoms with E-state index in [0.29, 0.717) is 0 Å². The van der Waals surface area contributed by atoms with Gasteiger partial charge in [0.1, 0.15) is 0 Å². The molecule has 3 fully saturated rings. The van der Waals surface area contributed by atoms with Crippen LogP contribution in [0.25, 0.3) is 0 Å². The quantitative estimate of drug-likeness (QED) is 0.724. The first kappa shape index (κ1) is 9.21. The van der Waals surface area contributed by atoms with Crippen LogP contribution < -0.4 is 5.32 Å². The fourth-order valence-electron chi connectivity index (χ4n) is 3.67. The highest BCUT2D eigenvalue weighted by Gasteiger charge is 2.43. The summed E-state index contributed by atoms with van der Waals surface area (Å²) in [6, 6.07) is 0.901. The first-order valence-electron chi connectivity index (χ1n) is 6.55. The van der Waals surface area contributed by atoms with Crippen molar-refractivity contribution >= 4 is 0 Å². The second-order valence-electron chi connectivity index (χ2n) is 6.02. The Labute approximate surface area is 87.7 Å².